The van der Waals surface area contributed by atoms with E-state index in [0.717, 1.165) is 71.0 Å². The van der Waals surface area contributed by atoms with Crippen molar-refractivity contribution in [2.24, 2.45) is 16.8 Å². The number of aliphatic imine (C=N–C) groups is 1. The van der Waals surface area contributed by atoms with Gasteiger partial charge in [-0.2, -0.15) is 0 Å². The molecule has 0 amide bonds. The number of rotatable bonds is 8. The summed E-state index contributed by atoms with van der Waals surface area (Å²) >= 11 is 0. The highest BCUT2D eigenvalue weighted by Gasteiger charge is 2.49. The lowest BCUT2D eigenvalue weighted by atomic mass is 9.82. The number of nitrogens with one attached hydrogen (secondary N) is 2. The summed E-state index contributed by atoms with van der Waals surface area (Å²) in [7, 11) is 0. The summed E-state index contributed by atoms with van der Waals surface area (Å²) in [5.41, 5.74) is 15.2. The SMILES string of the molecule is C1#CC2C(C=C1)C1C=c3c(oc4c(-c5ccc(C6=CC(c7ccccc7)=C(c7ccccc7)CC6)cc5C5=NC(C6=CC=CCC6)NC(c6ccccc6)N5)cccc34)=CC1N2C1C=CC=CC1. The summed E-state index contributed by atoms with van der Waals surface area (Å²) in [4.78, 5) is 8.25. The van der Waals surface area contributed by atoms with Crippen LogP contribution in [0.3, 0.4) is 0 Å². The molecule has 5 aliphatic carbocycles. The minimum atomic E-state index is -0.192. The number of amidine groups is 1. The molecule has 2 N–H and O–H groups in total. The van der Waals surface area contributed by atoms with Gasteiger partial charge in [-0.25, -0.2) is 4.99 Å². The summed E-state index contributed by atoms with van der Waals surface area (Å²) in [6, 6.07) is 46.9. The van der Waals surface area contributed by atoms with Crippen molar-refractivity contribution in [3.63, 3.8) is 0 Å². The van der Waals surface area contributed by atoms with Crippen LogP contribution in [0.15, 0.2) is 203 Å². The highest BCUT2D eigenvalue weighted by molar-refractivity contribution is 6.09. The largest absolute Gasteiger partial charge is 0.456 e. The van der Waals surface area contributed by atoms with Crippen LogP contribution in [0.1, 0.15) is 66.1 Å². The first-order chi connectivity index (χ1) is 33.7. The van der Waals surface area contributed by atoms with Crippen molar-refractivity contribution in [3.8, 4) is 23.0 Å². The van der Waals surface area contributed by atoms with E-state index in [2.05, 4.69) is 228 Å². The van der Waals surface area contributed by atoms with Gasteiger partial charge in [0.1, 0.15) is 29.2 Å². The van der Waals surface area contributed by atoms with Crippen LogP contribution in [0, 0.1) is 23.7 Å². The monoisotopic (exact) mass is 880 g/mol. The predicted molar refractivity (Wildman–Crippen MR) is 279 cm³/mol. The van der Waals surface area contributed by atoms with Gasteiger partial charge in [-0.05, 0) is 100 Å². The molecule has 7 unspecified atom stereocenters. The van der Waals surface area contributed by atoms with Crippen LogP contribution in [0.5, 0.6) is 0 Å². The van der Waals surface area contributed by atoms with E-state index in [4.69, 9.17) is 9.41 Å². The van der Waals surface area contributed by atoms with Crippen LogP contribution in [0.25, 0.3) is 51.0 Å². The molecule has 0 saturated carbocycles. The zero-order valence-electron chi connectivity index (χ0n) is 37.9. The minimum absolute atomic E-state index is 0.151. The Kier molecular flexibility index (Phi) is 10.4. The minimum Gasteiger partial charge on any atom is -0.456 e. The van der Waals surface area contributed by atoms with Gasteiger partial charge in [0, 0.05) is 45.7 Å². The van der Waals surface area contributed by atoms with Crippen molar-refractivity contribution in [1.29, 1.82) is 0 Å². The smallest absolute Gasteiger partial charge is 0.143 e. The van der Waals surface area contributed by atoms with Gasteiger partial charge in [0.2, 0.25) is 0 Å². The summed E-state index contributed by atoms with van der Waals surface area (Å²) in [5, 5.41) is 10.1. The maximum absolute atomic E-state index is 7.18. The average molecular weight is 881 g/mol. The Morgan fingerprint density at radius 3 is 2.34 bits per heavy atom. The molecular weight excluding hydrogens is 829 g/mol. The van der Waals surface area contributed by atoms with Crippen molar-refractivity contribution in [3.05, 3.63) is 232 Å². The number of hydrogen-bond donors (Lipinski definition) is 2. The van der Waals surface area contributed by atoms with Crippen LogP contribution < -0.4 is 21.3 Å². The van der Waals surface area contributed by atoms with E-state index in [1.54, 1.807) is 0 Å². The molecule has 68 heavy (non-hydrogen) atoms. The summed E-state index contributed by atoms with van der Waals surface area (Å²) in [6.07, 6.45) is 31.9. The normalized spacial score (nSPS) is 25.7. The molecule has 7 atom stereocenters. The molecule has 13 rings (SSSR count). The fourth-order valence-corrected chi connectivity index (χ4v) is 11.8. The van der Waals surface area contributed by atoms with Gasteiger partial charge >= 0.3 is 0 Å². The first kappa shape index (κ1) is 40.8. The molecule has 0 spiro atoms. The highest BCUT2D eigenvalue weighted by Crippen LogP contribution is 2.44. The molecule has 5 aromatic carbocycles. The number of benzene rings is 5. The van der Waals surface area contributed by atoms with Crippen molar-refractivity contribution < 1.29 is 4.42 Å². The van der Waals surface area contributed by atoms with E-state index in [1.165, 1.54) is 49.8 Å². The summed E-state index contributed by atoms with van der Waals surface area (Å²) < 4.78 is 7.18. The second-order valence-corrected chi connectivity index (χ2v) is 19.0. The van der Waals surface area contributed by atoms with Gasteiger partial charge in [0.15, 0.2) is 0 Å². The Labute approximate surface area is 398 Å². The molecule has 5 nitrogen and oxygen atoms in total. The second-order valence-electron chi connectivity index (χ2n) is 19.0. The zero-order valence-corrected chi connectivity index (χ0v) is 37.9. The van der Waals surface area contributed by atoms with E-state index in [1.807, 2.05) is 0 Å². The maximum Gasteiger partial charge on any atom is 0.143 e. The molecule has 2 aliphatic heterocycles. The third-order valence-corrected chi connectivity index (χ3v) is 15.1. The van der Waals surface area contributed by atoms with Crippen molar-refractivity contribution in [1.82, 2.24) is 15.5 Å². The van der Waals surface area contributed by atoms with Crippen LogP contribution in [-0.2, 0) is 0 Å². The molecule has 0 radical (unpaired) electrons. The number of hydrogen-bond acceptors (Lipinski definition) is 5. The quantitative estimate of drug-likeness (QED) is 0.150. The molecule has 1 aromatic heterocycles. The van der Waals surface area contributed by atoms with Gasteiger partial charge < -0.3 is 9.73 Å². The Morgan fingerprint density at radius 1 is 0.691 bits per heavy atom. The number of fused-ring (bicyclic) bond motifs is 6. The summed E-state index contributed by atoms with van der Waals surface area (Å²) in [6.45, 7) is 0. The highest BCUT2D eigenvalue weighted by atomic mass is 16.3. The lowest BCUT2D eigenvalue weighted by molar-refractivity contribution is 0.206. The molecule has 6 aromatic rings. The fraction of sp³-hybridized carbons (Fsp3) is 0.190. The Morgan fingerprint density at radius 2 is 1.53 bits per heavy atom. The molecule has 3 heterocycles. The first-order valence-electron chi connectivity index (χ1n) is 24.5. The molecule has 1 saturated heterocycles. The Balaban J connectivity index is 0.985. The maximum atomic E-state index is 7.18. The van der Waals surface area contributed by atoms with Crippen molar-refractivity contribution in [2.45, 2.75) is 62.6 Å². The summed E-state index contributed by atoms with van der Waals surface area (Å²) in [5.74, 6) is 8.42. The van der Waals surface area contributed by atoms with Gasteiger partial charge in [-0.15, -0.1) is 0 Å². The van der Waals surface area contributed by atoms with E-state index in [0.29, 0.717) is 17.9 Å². The van der Waals surface area contributed by atoms with Crippen LogP contribution in [0.2, 0.25) is 0 Å². The average Bonchev–Trinajstić information content (AvgIpc) is 3.96. The van der Waals surface area contributed by atoms with Crippen LogP contribution >= 0.6 is 0 Å². The third kappa shape index (κ3) is 7.24. The fourth-order valence-electron chi connectivity index (χ4n) is 11.8. The Hall–Kier alpha value is -7.49. The molecule has 1 fully saturated rings. The molecule has 5 heteroatoms. The number of allylic oxidation sites excluding steroid dienone is 10. The molecule has 7 aliphatic rings. The van der Waals surface area contributed by atoms with Crippen LogP contribution in [0.4, 0.5) is 0 Å². The Bertz CT molecular complexity index is 3420. The van der Waals surface area contributed by atoms with E-state index < -0.39 is 0 Å². The number of furan rings is 1. The first-order valence-corrected chi connectivity index (χ1v) is 24.5. The lowest BCUT2D eigenvalue weighted by Gasteiger charge is -2.34. The lowest BCUT2D eigenvalue weighted by Crippen LogP contribution is -2.49. The number of likely N-dealkylation sites (tertiary alicyclic amines) is 1. The molecular formula is C63H52N4O. The zero-order chi connectivity index (χ0) is 45.0. The topological polar surface area (TPSA) is 52.8 Å². The third-order valence-electron chi connectivity index (χ3n) is 15.1. The van der Waals surface area contributed by atoms with Gasteiger partial charge in [-0.1, -0.05) is 194 Å². The standard InChI is InChI=1S/C63H52N4O/c1-6-19-41(20-7-1)48-35-33-45(37-53(48)42-21-8-2-9-22-42)46-34-36-49(56(38-46)63-65-61(43-23-10-3-11-24-43)64-62(66-63)44-25-12-4-13-26-44)51-30-18-31-52-55-39-54-50-29-16-17-32-57(50)67(47-27-14-5-15-28-47)58(54)40-59(55)68-60(51)52/h1-12,14-16,18-25,27,29-31,34,36-40,47,50,54,57-58,61-62,64H,13,26,28,33,35H2,(H,65,66). The number of nitrogens with zero attached hydrogens (tertiary/aromatic N) is 2. The van der Waals surface area contributed by atoms with Gasteiger partial charge in [-0.3, -0.25) is 10.2 Å². The number of para-hydroxylation sites is 1. The van der Waals surface area contributed by atoms with Crippen molar-refractivity contribution >= 4 is 45.7 Å². The predicted octanol–water partition coefficient (Wildman–Crippen LogP) is 11.4. The van der Waals surface area contributed by atoms with Crippen molar-refractivity contribution in [2.75, 3.05) is 0 Å². The molecule has 0 bridgehead atoms. The van der Waals surface area contributed by atoms with E-state index in [-0.39, 0.29) is 24.4 Å². The van der Waals surface area contributed by atoms with Crippen LogP contribution in [-0.4, -0.2) is 35.0 Å². The van der Waals surface area contributed by atoms with Gasteiger partial charge in [0.25, 0.3) is 0 Å². The molecule has 330 valence electrons. The van der Waals surface area contributed by atoms with Gasteiger partial charge in [0.05, 0.1) is 6.04 Å². The van der Waals surface area contributed by atoms with E-state index in [9.17, 15) is 0 Å². The van der Waals surface area contributed by atoms with E-state index >= 15 is 0 Å². The second kappa shape index (κ2) is 17.3.